The van der Waals surface area contributed by atoms with Crippen LogP contribution in [0.15, 0.2) is 47.1 Å². The van der Waals surface area contributed by atoms with Gasteiger partial charge in [-0.15, -0.1) is 0 Å². The van der Waals surface area contributed by atoms with Gasteiger partial charge in [-0.3, -0.25) is 10.1 Å². The van der Waals surface area contributed by atoms with Gasteiger partial charge in [0.2, 0.25) is 0 Å². The lowest BCUT2D eigenvalue weighted by molar-refractivity contribution is 0.0634. The van der Waals surface area contributed by atoms with Crippen molar-refractivity contribution in [2.75, 3.05) is 12.4 Å². The highest BCUT2D eigenvalue weighted by Crippen LogP contribution is 2.22. The van der Waals surface area contributed by atoms with E-state index in [1.54, 1.807) is 69.3 Å². The van der Waals surface area contributed by atoms with Crippen LogP contribution >= 0.6 is 0 Å². The number of rotatable bonds is 4. The third kappa shape index (κ3) is 5.11. The zero-order valence-corrected chi connectivity index (χ0v) is 15.2. The summed E-state index contributed by atoms with van der Waals surface area (Å²) in [5.41, 5.74) is 0.379. The number of carbonyl (C=O) groups is 2. The van der Waals surface area contributed by atoms with Crippen molar-refractivity contribution in [1.29, 1.82) is 0 Å². The van der Waals surface area contributed by atoms with E-state index in [-0.39, 0.29) is 11.9 Å². The number of hydrogen-bond donors (Lipinski definition) is 1. The Kier molecular flexibility index (Phi) is 5.51. The average Bonchev–Trinajstić information content (AvgIpc) is 3.05. The molecule has 6 nitrogen and oxygen atoms in total. The minimum absolute atomic E-state index is 0.170. The first-order chi connectivity index (χ1) is 11.7. The molecule has 2 rings (SSSR count). The van der Waals surface area contributed by atoms with E-state index < -0.39 is 11.7 Å². The fourth-order valence-electron chi connectivity index (χ4n) is 2.25. The van der Waals surface area contributed by atoms with Crippen molar-refractivity contribution in [2.24, 2.45) is 0 Å². The summed E-state index contributed by atoms with van der Waals surface area (Å²) < 4.78 is 10.6. The third-order valence-corrected chi connectivity index (χ3v) is 3.61. The monoisotopic (exact) mass is 344 g/mol. The van der Waals surface area contributed by atoms with Gasteiger partial charge in [-0.1, -0.05) is 6.07 Å². The Morgan fingerprint density at radius 3 is 2.52 bits per heavy atom. The van der Waals surface area contributed by atoms with Crippen molar-refractivity contribution in [3.8, 4) is 0 Å². The van der Waals surface area contributed by atoms with Crippen LogP contribution in [0.25, 0.3) is 0 Å². The number of amides is 2. The van der Waals surface area contributed by atoms with Gasteiger partial charge in [0.15, 0.2) is 0 Å². The van der Waals surface area contributed by atoms with Gasteiger partial charge in [-0.2, -0.15) is 0 Å². The lowest BCUT2D eigenvalue weighted by Gasteiger charge is -2.23. The summed E-state index contributed by atoms with van der Waals surface area (Å²) in [6, 6.07) is 10.2. The van der Waals surface area contributed by atoms with Gasteiger partial charge in [-0.05, 0) is 58.0 Å². The number of hydrogen-bond acceptors (Lipinski definition) is 4. The fraction of sp³-hybridized carbons (Fsp3) is 0.368. The Labute approximate surface area is 147 Å². The van der Waals surface area contributed by atoms with Crippen LogP contribution in [0, 0.1) is 0 Å². The molecule has 6 heteroatoms. The topological polar surface area (TPSA) is 71.8 Å². The summed E-state index contributed by atoms with van der Waals surface area (Å²) >= 11 is 0. The molecule has 0 saturated heterocycles. The summed E-state index contributed by atoms with van der Waals surface area (Å²) in [5, 5.41) is 2.64. The number of furan rings is 1. The number of nitrogens with zero attached hydrogens (tertiary/aromatic N) is 1. The minimum atomic E-state index is -0.587. The Morgan fingerprint density at radius 2 is 1.92 bits per heavy atom. The average molecular weight is 344 g/mol. The summed E-state index contributed by atoms with van der Waals surface area (Å²) in [4.78, 5) is 26.1. The zero-order chi connectivity index (χ0) is 18.6. The molecule has 1 atom stereocenters. The number of benzene rings is 1. The first-order valence-electron chi connectivity index (χ1n) is 8.08. The van der Waals surface area contributed by atoms with E-state index in [1.165, 1.54) is 0 Å². The van der Waals surface area contributed by atoms with E-state index in [1.807, 2.05) is 13.0 Å². The SMILES string of the molecule is CC(c1ccco1)N(C)C(=O)c1cccc(NC(=O)OC(C)(C)C)c1. The predicted octanol–water partition coefficient (Wildman–Crippen LogP) is 4.46. The standard InChI is InChI=1S/C19H24N2O4/c1-13(16-10-7-11-24-16)21(5)17(22)14-8-6-9-15(12-14)20-18(23)25-19(2,3)4/h6-13H,1-5H3,(H,20,23). The minimum Gasteiger partial charge on any atom is -0.467 e. The molecule has 0 fully saturated rings. The second-order valence-corrected chi connectivity index (χ2v) is 6.82. The highest BCUT2D eigenvalue weighted by Gasteiger charge is 2.21. The van der Waals surface area contributed by atoms with Crippen LogP contribution in [0.4, 0.5) is 10.5 Å². The number of ether oxygens (including phenoxy) is 1. The van der Waals surface area contributed by atoms with Gasteiger partial charge in [0.25, 0.3) is 5.91 Å². The molecule has 1 heterocycles. The number of anilines is 1. The third-order valence-electron chi connectivity index (χ3n) is 3.61. The normalized spacial score (nSPS) is 12.4. The number of nitrogens with one attached hydrogen (secondary N) is 1. The molecule has 25 heavy (non-hydrogen) atoms. The molecule has 2 aromatic rings. The molecular weight excluding hydrogens is 320 g/mol. The van der Waals surface area contributed by atoms with Gasteiger partial charge in [-0.25, -0.2) is 4.79 Å². The molecule has 1 N–H and O–H groups in total. The highest BCUT2D eigenvalue weighted by molar-refractivity contribution is 5.96. The van der Waals surface area contributed by atoms with Crippen molar-refractivity contribution in [3.63, 3.8) is 0 Å². The molecule has 0 saturated carbocycles. The van der Waals surface area contributed by atoms with Crippen LogP contribution in [-0.4, -0.2) is 29.5 Å². The summed E-state index contributed by atoms with van der Waals surface area (Å²) in [6.07, 6.45) is 1.02. The smallest absolute Gasteiger partial charge is 0.412 e. The van der Waals surface area contributed by atoms with Gasteiger partial charge in [0.1, 0.15) is 11.4 Å². The van der Waals surface area contributed by atoms with E-state index >= 15 is 0 Å². The first kappa shape index (κ1) is 18.6. The molecule has 0 aliphatic carbocycles. The molecule has 1 aromatic heterocycles. The molecule has 134 valence electrons. The maximum Gasteiger partial charge on any atom is 0.412 e. The lowest BCUT2D eigenvalue weighted by Crippen LogP contribution is -2.30. The molecule has 1 unspecified atom stereocenters. The van der Waals surface area contributed by atoms with E-state index in [2.05, 4.69) is 5.32 Å². The summed E-state index contributed by atoms with van der Waals surface area (Å²) in [5.74, 6) is 0.538. The van der Waals surface area contributed by atoms with E-state index in [4.69, 9.17) is 9.15 Å². The molecular formula is C19H24N2O4. The first-order valence-corrected chi connectivity index (χ1v) is 8.08. The van der Waals surface area contributed by atoms with Crippen LogP contribution in [0.3, 0.4) is 0 Å². The molecule has 0 radical (unpaired) electrons. The maximum absolute atomic E-state index is 12.7. The van der Waals surface area contributed by atoms with Gasteiger partial charge < -0.3 is 14.1 Å². The zero-order valence-electron chi connectivity index (χ0n) is 15.2. The van der Waals surface area contributed by atoms with Crippen LogP contribution in [0.5, 0.6) is 0 Å². The van der Waals surface area contributed by atoms with Gasteiger partial charge >= 0.3 is 6.09 Å². The van der Waals surface area contributed by atoms with Crippen molar-refractivity contribution in [3.05, 3.63) is 54.0 Å². The van der Waals surface area contributed by atoms with Gasteiger partial charge in [0, 0.05) is 18.3 Å². The Bertz CT molecular complexity index is 732. The molecule has 0 aliphatic rings. The largest absolute Gasteiger partial charge is 0.467 e. The van der Waals surface area contributed by atoms with E-state index in [0.717, 1.165) is 0 Å². The fourth-order valence-corrected chi connectivity index (χ4v) is 2.25. The Morgan fingerprint density at radius 1 is 1.20 bits per heavy atom. The second-order valence-electron chi connectivity index (χ2n) is 6.82. The Hall–Kier alpha value is -2.76. The molecule has 0 bridgehead atoms. The highest BCUT2D eigenvalue weighted by atomic mass is 16.6. The Balaban J connectivity index is 2.09. The summed E-state index contributed by atoms with van der Waals surface area (Å²) in [6.45, 7) is 7.26. The van der Waals surface area contributed by atoms with Crippen LogP contribution < -0.4 is 5.32 Å². The van der Waals surface area contributed by atoms with Crippen molar-refractivity contribution in [1.82, 2.24) is 4.90 Å². The molecule has 0 spiro atoms. The van der Waals surface area contributed by atoms with E-state index in [9.17, 15) is 9.59 Å². The van der Waals surface area contributed by atoms with Crippen LogP contribution in [0.2, 0.25) is 0 Å². The molecule has 0 aliphatic heterocycles. The van der Waals surface area contributed by atoms with Crippen LogP contribution in [0.1, 0.15) is 49.9 Å². The molecule has 1 aromatic carbocycles. The van der Waals surface area contributed by atoms with E-state index in [0.29, 0.717) is 17.0 Å². The predicted molar refractivity (Wildman–Crippen MR) is 95.5 cm³/mol. The lowest BCUT2D eigenvalue weighted by atomic mass is 10.1. The number of carbonyl (C=O) groups excluding carboxylic acids is 2. The molecule has 2 amide bonds. The summed E-state index contributed by atoms with van der Waals surface area (Å²) in [7, 11) is 1.71. The van der Waals surface area contributed by atoms with Crippen molar-refractivity contribution < 1.29 is 18.7 Å². The quantitative estimate of drug-likeness (QED) is 0.889. The second kappa shape index (κ2) is 7.42. The maximum atomic E-state index is 12.7. The van der Waals surface area contributed by atoms with Crippen LogP contribution in [-0.2, 0) is 4.74 Å². The van der Waals surface area contributed by atoms with Crippen molar-refractivity contribution >= 4 is 17.7 Å². The van der Waals surface area contributed by atoms with Crippen molar-refractivity contribution in [2.45, 2.75) is 39.3 Å². The van der Waals surface area contributed by atoms with Gasteiger partial charge in [0.05, 0.1) is 12.3 Å².